The topological polar surface area (TPSA) is 79.9 Å². The van der Waals surface area contributed by atoms with Crippen LogP contribution >= 0.6 is 0 Å². The van der Waals surface area contributed by atoms with Gasteiger partial charge < -0.3 is 10.1 Å². The van der Waals surface area contributed by atoms with E-state index in [1.165, 1.54) is 5.56 Å². The minimum atomic E-state index is -0.499. The maximum atomic E-state index is 11.4. The van der Waals surface area contributed by atoms with Gasteiger partial charge in [-0.1, -0.05) is 17.7 Å². The van der Waals surface area contributed by atoms with Crippen molar-refractivity contribution in [2.75, 3.05) is 18.5 Å². The third-order valence-electron chi connectivity index (χ3n) is 2.73. The molecule has 0 saturated carbocycles. The Hall–Kier alpha value is -2.37. The van der Waals surface area contributed by atoms with Crippen LogP contribution in [0.4, 0.5) is 5.69 Å². The largest absolute Gasteiger partial charge is 0.460 e. The summed E-state index contributed by atoms with van der Waals surface area (Å²) in [5.74, 6) is 0.242. The molecule has 106 valence electrons. The van der Waals surface area contributed by atoms with E-state index in [2.05, 4.69) is 39.6 Å². The van der Waals surface area contributed by atoms with Crippen LogP contribution in [-0.4, -0.2) is 34.3 Å². The fourth-order valence-electron chi connectivity index (χ4n) is 1.69. The Labute approximate surface area is 117 Å². The van der Waals surface area contributed by atoms with Crippen molar-refractivity contribution >= 4 is 11.7 Å². The van der Waals surface area contributed by atoms with Gasteiger partial charge in [-0.25, -0.2) is 9.78 Å². The second-order valence-corrected chi connectivity index (χ2v) is 4.37. The maximum Gasteiger partial charge on any atom is 0.378 e. The van der Waals surface area contributed by atoms with E-state index in [4.69, 9.17) is 4.74 Å². The third-order valence-corrected chi connectivity index (χ3v) is 2.73. The van der Waals surface area contributed by atoms with Crippen molar-refractivity contribution in [3.8, 4) is 0 Å². The van der Waals surface area contributed by atoms with E-state index in [0.717, 1.165) is 5.69 Å². The van der Waals surface area contributed by atoms with Crippen molar-refractivity contribution in [1.29, 1.82) is 0 Å². The number of nitrogens with zero attached hydrogens (tertiary/aromatic N) is 2. The molecule has 1 aromatic heterocycles. The maximum absolute atomic E-state index is 11.4. The molecule has 2 N–H and O–H groups in total. The van der Waals surface area contributed by atoms with Crippen LogP contribution in [0.15, 0.2) is 24.3 Å². The first kappa shape index (κ1) is 14.0. The predicted molar refractivity (Wildman–Crippen MR) is 75.7 cm³/mol. The van der Waals surface area contributed by atoms with Gasteiger partial charge in [0.15, 0.2) is 0 Å². The number of aromatic amines is 1. The highest BCUT2D eigenvalue weighted by Gasteiger charge is 2.12. The standard InChI is InChI=1S/C14H18N4O2/c1-3-20-14(19)13-16-12(17-18-13)8-9-15-11-6-4-10(2)5-7-11/h4-7,15H,3,8-9H2,1-2H3,(H,16,17,18). The van der Waals surface area contributed by atoms with E-state index in [-0.39, 0.29) is 5.82 Å². The Balaban J connectivity index is 1.82. The molecule has 0 spiro atoms. The Morgan fingerprint density at radius 2 is 2.10 bits per heavy atom. The number of aryl methyl sites for hydroxylation is 1. The summed E-state index contributed by atoms with van der Waals surface area (Å²) >= 11 is 0. The number of ether oxygens (including phenoxy) is 1. The molecule has 0 aliphatic heterocycles. The summed E-state index contributed by atoms with van der Waals surface area (Å²) in [6.07, 6.45) is 0.653. The number of aromatic nitrogens is 3. The number of H-pyrrole nitrogens is 1. The fourth-order valence-corrected chi connectivity index (χ4v) is 1.69. The Morgan fingerprint density at radius 3 is 2.80 bits per heavy atom. The van der Waals surface area contributed by atoms with Crippen LogP contribution in [-0.2, 0) is 11.2 Å². The van der Waals surface area contributed by atoms with Crippen LogP contribution in [0.1, 0.15) is 28.9 Å². The van der Waals surface area contributed by atoms with Crippen LogP contribution in [0.2, 0.25) is 0 Å². The van der Waals surface area contributed by atoms with Gasteiger partial charge in [0.2, 0.25) is 0 Å². The lowest BCUT2D eigenvalue weighted by molar-refractivity contribution is 0.0512. The van der Waals surface area contributed by atoms with Gasteiger partial charge >= 0.3 is 5.97 Å². The third kappa shape index (κ3) is 3.81. The molecule has 0 amide bonds. The number of esters is 1. The molecule has 0 atom stereocenters. The van der Waals surface area contributed by atoms with Gasteiger partial charge in [0.05, 0.1) is 6.61 Å². The SMILES string of the molecule is CCOC(=O)c1n[nH]c(CCNc2ccc(C)cc2)n1. The van der Waals surface area contributed by atoms with Crippen LogP contribution in [0, 0.1) is 6.92 Å². The molecule has 0 bridgehead atoms. The monoisotopic (exact) mass is 274 g/mol. The molecule has 20 heavy (non-hydrogen) atoms. The molecule has 6 nitrogen and oxygen atoms in total. The zero-order chi connectivity index (χ0) is 14.4. The van der Waals surface area contributed by atoms with E-state index in [0.29, 0.717) is 25.4 Å². The Kier molecular flexibility index (Phi) is 4.70. The lowest BCUT2D eigenvalue weighted by atomic mass is 10.2. The highest BCUT2D eigenvalue weighted by atomic mass is 16.5. The summed E-state index contributed by atoms with van der Waals surface area (Å²) < 4.78 is 4.83. The number of carbonyl (C=O) groups is 1. The van der Waals surface area contributed by atoms with E-state index in [9.17, 15) is 4.79 Å². The van der Waals surface area contributed by atoms with Crippen LogP contribution < -0.4 is 5.32 Å². The van der Waals surface area contributed by atoms with Crippen molar-refractivity contribution in [2.45, 2.75) is 20.3 Å². The molecule has 0 radical (unpaired) electrons. The number of hydrogen-bond donors (Lipinski definition) is 2. The fraction of sp³-hybridized carbons (Fsp3) is 0.357. The summed E-state index contributed by atoms with van der Waals surface area (Å²) in [4.78, 5) is 15.5. The number of carbonyl (C=O) groups excluding carboxylic acids is 1. The molecule has 1 heterocycles. The molecule has 0 aliphatic rings. The van der Waals surface area contributed by atoms with Gasteiger partial charge in [-0.3, -0.25) is 5.10 Å². The van der Waals surface area contributed by atoms with Gasteiger partial charge in [0, 0.05) is 18.7 Å². The van der Waals surface area contributed by atoms with Crippen molar-refractivity contribution in [2.24, 2.45) is 0 Å². The quantitative estimate of drug-likeness (QED) is 0.787. The highest BCUT2D eigenvalue weighted by molar-refractivity contribution is 5.84. The predicted octanol–water partition coefficient (Wildman–Crippen LogP) is 1.94. The van der Waals surface area contributed by atoms with E-state index in [1.54, 1.807) is 6.92 Å². The first-order valence-electron chi connectivity index (χ1n) is 6.58. The van der Waals surface area contributed by atoms with E-state index in [1.807, 2.05) is 12.1 Å². The van der Waals surface area contributed by atoms with E-state index >= 15 is 0 Å². The van der Waals surface area contributed by atoms with Crippen molar-refractivity contribution in [3.63, 3.8) is 0 Å². The summed E-state index contributed by atoms with van der Waals surface area (Å²) in [6.45, 7) is 4.82. The van der Waals surface area contributed by atoms with E-state index < -0.39 is 5.97 Å². The zero-order valence-electron chi connectivity index (χ0n) is 11.6. The molecule has 2 aromatic rings. The lowest BCUT2D eigenvalue weighted by Gasteiger charge is -2.04. The van der Waals surface area contributed by atoms with Gasteiger partial charge in [0.1, 0.15) is 5.82 Å². The van der Waals surface area contributed by atoms with Crippen LogP contribution in [0.25, 0.3) is 0 Å². The summed E-state index contributed by atoms with van der Waals surface area (Å²) in [6, 6.07) is 8.16. The number of hydrogen-bond acceptors (Lipinski definition) is 5. The molecule has 6 heteroatoms. The molecular formula is C14H18N4O2. The molecule has 0 aliphatic carbocycles. The lowest BCUT2D eigenvalue weighted by Crippen LogP contribution is -2.08. The van der Waals surface area contributed by atoms with Gasteiger partial charge in [-0.2, -0.15) is 0 Å². The first-order chi connectivity index (χ1) is 9.69. The van der Waals surface area contributed by atoms with Gasteiger partial charge in [-0.05, 0) is 26.0 Å². The molecule has 0 unspecified atom stereocenters. The van der Waals surface area contributed by atoms with Gasteiger partial charge in [0.25, 0.3) is 5.82 Å². The molecule has 1 aromatic carbocycles. The Bertz CT molecular complexity index is 563. The molecule has 2 rings (SSSR count). The minimum absolute atomic E-state index is 0.0807. The molecule has 0 saturated heterocycles. The highest BCUT2D eigenvalue weighted by Crippen LogP contribution is 2.08. The van der Waals surface area contributed by atoms with Crippen molar-refractivity contribution in [1.82, 2.24) is 15.2 Å². The number of rotatable bonds is 6. The average molecular weight is 274 g/mol. The first-order valence-corrected chi connectivity index (χ1v) is 6.58. The van der Waals surface area contributed by atoms with Crippen LogP contribution in [0.5, 0.6) is 0 Å². The van der Waals surface area contributed by atoms with Crippen LogP contribution in [0.3, 0.4) is 0 Å². The average Bonchev–Trinajstić information content (AvgIpc) is 2.90. The second kappa shape index (κ2) is 6.70. The number of benzene rings is 1. The summed E-state index contributed by atoms with van der Waals surface area (Å²) in [5.41, 5.74) is 2.28. The van der Waals surface area contributed by atoms with Gasteiger partial charge in [-0.15, -0.1) is 5.10 Å². The smallest absolute Gasteiger partial charge is 0.378 e. The van der Waals surface area contributed by atoms with Crippen molar-refractivity contribution < 1.29 is 9.53 Å². The Morgan fingerprint density at radius 1 is 1.35 bits per heavy atom. The minimum Gasteiger partial charge on any atom is -0.460 e. The number of anilines is 1. The number of nitrogens with one attached hydrogen (secondary N) is 2. The molecule has 0 fully saturated rings. The summed E-state index contributed by atoms with van der Waals surface area (Å²) in [7, 11) is 0. The zero-order valence-corrected chi connectivity index (χ0v) is 11.6. The second-order valence-electron chi connectivity index (χ2n) is 4.37. The summed E-state index contributed by atoms with van der Waals surface area (Å²) in [5, 5.41) is 9.85. The molecular weight excluding hydrogens is 256 g/mol. The van der Waals surface area contributed by atoms with Crippen molar-refractivity contribution in [3.05, 3.63) is 41.5 Å². The normalized spacial score (nSPS) is 10.3.